The Hall–Kier alpha value is -1.93. The average Bonchev–Trinajstić information content (AvgIpc) is 3.11. The maximum atomic E-state index is 12.5. The Morgan fingerprint density at radius 1 is 1.17 bits per heavy atom. The minimum Gasteiger partial charge on any atom is -0.354 e. The van der Waals surface area contributed by atoms with Crippen LogP contribution in [0.25, 0.3) is 0 Å². The van der Waals surface area contributed by atoms with Crippen molar-refractivity contribution in [2.75, 3.05) is 53.4 Å². The minimum absolute atomic E-state index is 0.131. The van der Waals surface area contributed by atoms with Crippen molar-refractivity contribution in [1.29, 1.82) is 0 Å². The van der Waals surface area contributed by atoms with Gasteiger partial charge in [0.1, 0.15) is 5.69 Å². The molecule has 1 aromatic heterocycles. The molecule has 8 nitrogen and oxygen atoms in total. The third-order valence-corrected chi connectivity index (χ3v) is 5.06. The summed E-state index contributed by atoms with van der Waals surface area (Å²) in [5.41, 5.74) is 0.311. The zero-order valence-electron chi connectivity index (χ0n) is 14.4. The van der Waals surface area contributed by atoms with Gasteiger partial charge in [0.25, 0.3) is 11.8 Å². The first-order chi connectivity index (χ1) is 11.6. The van der Waals surface area contributed by atoms with Crippen LogP contribution < -0.4 is 5.32 Å². The second kappa shape index (κ2) is 7.31. The number of hydrogen-bond donors (Lipinski definition) is 2. The topological polar surface area (TPSA) is 84.6 Å². The number of amides is 2. The van der Waals surface area contributed by atoms with Crippen molar-refractivity contribution >= 4 is 11.8 Å². The Morgan fingerprint density at radius 3 is 2.46 bits per heavy atom. The fourth-order valence-electron chi connectivity index (χ4n) is 3.48. The highest BCUT2D eigenvalue weighted by molar-refractivity contribution is 5.95. The molecule has 0 aromatic carbocycles. The Kier molecular flexibility index (Phi) is 5.15. The van der Waals surface area contributed by atoms with E-state index in [2.05, 4.69) is 32.1 Å². The lowest BCUT2D eigenvalue weighted by Gasteiger charge is -2.42. The van der Waals surface area contributed by atoms with Crippen LogP contribution in [0.5, 0.6) is 0 Å². The summed E-state index contributed by atoms with van der Waals surface area (Å²) in [6, 6.07) is 0.641. The Balaban J connectivity index is 1.53. The van der Waals surface area contributed by atoms with Crippen LogP contribution in [0, 0.1) is 0 Å². The van der Waals surface area contributed by atoms with Crippen molar-refractivity contribution in [1.82, 2.24) is 30.0 Å². The number of aromatic nitrogens is 2. The van der Waals surface area contributed by atoms with E-state index in [0.717, 1.165) is 26.2 Å². The summed E-state index contributed by atoms with van der Waals surface area (Å²) >= 11 is 0. The molecule has 0 saturated carbocycles. The molecule has 2 N–H and O–H groups in total. The number of hydrogen-bond acceptors (Lipinski definition) is 5. The van der Waals surface area contributed by atoms with Gasteiger partial charge in [0.05, 0.1) is 6.20 Å². The summed E-state index contributed by atoms with van der Waals surface area (Å²) in [4.78, 5) is 37.6. The van der Waals surface area contributed by atoms with Crippen LogP contribution in [0.1, 0.15) is 33.9 Å². The van der Waals surface area contributed by atoms with Gasteiger partial charge < -0.3 is 20.1 Å². The first-order valence-electron chi connectivity index (χ1n) is 8.57. The van der Waals surface area contributed by atoms with Gasteiger partial charge in [0.2, 0.25) is 0 Å². The number of aromatic amines is 1. The molecule has 24 heavy (non-hydrogen) atoms. The quantitative estimate of drug-likeness (QED) is 0.787. The second-order valence-corrected chi connectivity index (χ2v) is 6.59. The fourth-order valence-corrected chi connectivity index (χ4v) is 3.48. The Bertz CT molecular complexity index is 585. The number of nitrogens with one attached hydrogen (secondary N) is 2. The van der Waals surface area contributed by atoms with Crippen molar-refractivity contribution in [3.8, 4) is 0 Å². The lowest BCUT2D eigenvalue weighted by molar-refractivity contribution is 0.0467. The van der Waals surface area contributed by atoms with Crippen LogP contribution >= 0.6 is 0 Å². The lowest BCUT2D eigenvalue weighted by Crippen LogP contribution is -2.54. The van der Waals surface area contributed by atoms with Crippen LogP contribution in [-0.4, -0.2) is 95.9 Å². The molecule has 132 valence electrons. The summed E-state index contributed by atoms with van der Waals surface area (Å²) in [6.07, 6.45) is 3.82. The summed E-state index contributed by atoms with van der Waals surface area (Å²) in [6.45, 7) is 5.53. The SMILES string of the molecule is CNC(=O)c1cnc(C(=O)N2CCN(C3CCN(C)CC3)CC2)[nH]1. The molecule has 2 amide bonds. The maximum absolute atomic E-state index is 12.5. The van der Waals surface area contributed by atoms with E-state index >= 15 is 0 Å². The molecule has 0 radical (unpaired) electrons. The van der Waals surface area contributed by atoms with Gasteiger partial charge >= 0.3 is 0 Å². The van der Waals surface area contributed by atoms with E-state index in [1.165, 1.54) is 19.0 Å². The van der Waals surface area contributed by atoms with Gasteiger partial charge in [0, 0.05) is 39.3 Å². The largest absolute Gasteiger partial charge is 0.354 e. The number of nitrogens with zero attached hydrogens (tertiary/aromatic N) is 4. The van der Waals surface area contributed by atoms with Crippen LogP contribution in [0.3, 0.4) is 0 Å². The number of H-pyrrole nitrogens is 1. The molecule has 3 heterocycles. The van der Waals surface area contributed by atoms with E-state index in [1.807, 2.05) is 4.90 Å². The van der Waals surface area contributed by atoms with E-state index in [0.29, 0.717) is 24.8 Å². The predicted molar refractivity (Wildman–Crippen MR) is 90.0 cm³/mol. The molecule has 8 heteroatoms. The Morgan fingerprint density at radius 2 is 1.83 bits per heavy atom. The first-order valence-corrected chi connectivity index (χ1v) is 8.57. The zero-order valence-corrected chi connectivity index (χ0v) is 14.4. The standard InChI is InChI=1S/C16H26N6O2/c1-17-15(23)13-11-18-14(19-13)16(24)22-9-7-21(8-10-22)12-3-5-20(2)6-4-12/h11-12H,3-10H2,1-2H3,(H,17,23)(H,18,19). The van der Waals surface area contributed by atoms with E-state index < -0.39 is 0 Å². The molecule has 3 rings (SSSR count). The van der Waals surface area contributed by atoms with Gasteiger partial charge in [-0.15, -0.1) is 0 Å². The molecular formula is C16H26N6O2. The third-order valence-electron chi connectivity index (χ3n) is 5.06. The molecule has 1 aromatic rings. The normalized spacial score (nSPS) is 21.0. The molecule has 2 fully saturated rings. The Labute approximate surface area is 142 Å². The highest BCUT2D eigenvalue weighted by atomic mass is 16.2. The smallest absolute Gasteiger partial charge is 0.289 e. The van der Waals surface area contributed by atoms with Crippen molar-refractivity contribution in [3.63, 3.8) is 0 Å². The number of imidazole rings is 1. The molecule has 0 bridgehead atoms. The molecule has 2 aliphatic heterocycles. The zero-order chi connectivity index (χ0) is 17.1. The number of piperazine rings is 1. The molecule has 0 spiro atoms. The van der Waals surface area contributed by atoms with Gasteiger partial charge in [-0.25, -0.2) is 4.98 Å². The number of carbonyl (C=O) groups excluding carboxylic acids is 2. The number of piperidine rings is 1. The van der Waals surface area contributed by atoms with Crippen molar-refractivity contribution in [2.45, 2.75) is 18.9 Å². The van der Waals surface area contributed by atoms with Crippen LogP contribution in [0.2, 0.25) is 0 Å². The summed E-state index contributed by atoms with van der Waals surface area (Å²) in [5, 5.41) is 2.51. The number of likely N-dealkylation sites (tertiary alicyclic amines) is 1. The van der Waals surface area contributed by atoms with Crippen molar-refractivity contribution < 1.29 is 9.59 Å². The maximum Gasteiger partial charge on any atom is 0.289 e. The third kappa shape index (κ3) is 3.59. The van der Waals surface area contributed by atoms with Crippen LogP contribution in [0.15, 0.2) is 6.20 Å². The van der Waals surface area contributed by atoms with Crippen LogP contribution in [0.4, 0.5) is 0 Å². The highest BCUT2D eigenvalue weighted by Gasteiger charge is 2.29. The molecule has 2 saturated heterocycles. The van der Waals surface area contributed by atoms with Crippen molar-refractivity contribution in [2.24, 2.45) is 0 Å². The molecular weight excluding hydrogens is 308 g/mol. The minimum atomic E-state index is -0.270. The van der Waals surface area contributed by atoms with Gasteiger partial charge in [-0.1, -0.05) is 0 Å². The van der Waals surface area contributed by atoms with Gasteiger partial charge in [-0.2, -0.15) is 0 Å². The number of rotatable bonds is 3. The van der Waals surface area contributed by atoms with Gasteiger partial charge in [-0.05, 0) is 33.0 Å². The molecule has 0 unspecified atom stereocenters. The fraction of sp³-hybridized carbons (Fsp3) is 0.688. The summed E-state index contributed by atoms with van der Waals surface area (Å²) in [7, 11) is 3.72. The average molecular weight is 334 g/mol. The van der Waals surface area contributed by atoms with E-state index in [9.17, 15) is 9.59 Å². The summed E-state index contributed by atoms with van der Waals surface area (Å²) < 4.78 is 0. The van der Waals surface area contributed by atoms with Crippen LogP contribution in [-0.2, 0) is 0 Å². The summed E-state index contributed by atoms with van der Waals surface area (Å²) in [5.74, 6) is -0.164. The second-order valence-electron chi connectivity index (χ2n) is 6.59. The number of carbonyl (C=O) groups is 2. The van der Waals surface area contributed by atoms with E-state index in [4.69, 9.17) is 0 Å². The monoisotopic (exact) mass is 334 g/mol. The molecule has 0 atom stereocenters. The van der Waals surface area contributed by atoms with Crippen molar-refractivity contribution in [3.05, 3.63) is 17.7 Å². The van der Waals surface area contributed by atoms with E-state index in [1.54, 1.807) is 7.05 Å². The molecule has 2 aliphatic rings. The first kappa shape index (κ1) is 16.9. The van der Waals surface area contributed by atoms with Gasteiger partial charge in [0.15, 0.2) is 5.82 Å². The van der Waals surface area contributed by atoms with E-state index in [-0.39, 0.29) is 17.6 Å². The van der Waals surface area contributed by atoms with Gasteiger partial charge in [-0.3, -0.25) is 14.5 Å². The lowest BCUT2D eigenvalue weighted by atomic mass is 10.0. The predicted octanol–water partition coefficient (Wildman–Crippen LogP) is -0.379. The highest BCUT2D eigenvalue weighted by Crippen LogP contribution is 2.18. The molecule has 0 aliphatic carbocycles.